The molecule has 0 fully saturated rings. The van der Waals surface area contributed by atoms with Gasteiger partial charge in [0.25, 0.3) is 15.5 Å². The van der Waals surface area contributed by atoms with Crippen LogP contribution in [0.5, 0.6) is 0 Å². The maximum atomic E-state index is 12.6. The van der Waals surface area contributed by atoms with Gasteiger partial charge in [0.1, 0.15) is 11.5 Å². The lowest BCUT2D eigenvalue weighted by Crippen LogP contribution is -2.23. The minimum absolute atomic E-state index is 0.0520. The molecule has 0 aliphatic carbocycles. The van der Waals surface area contributed by atoms with E-state index in [0.29, 0.717) is 43.9 Å². The fraction of sp³-hybridized carbons (Fsp3) is 0.312. The van der Waals surface area contributed by atoms with Gasteiger partial charge in [-0.25, -0.2) is 13.4 Å². The van der Waals surface area contributed by atoms with E-state index < -0.39 is 30.9 Å². The highest BCUT2D eigenvalue weighted by Gasteiger charge is 2.47. The number of alkyl halides is 3. The van der Waals surface area contributed by atoms with Gasteiger partial charge >= 0.3 is 5.51 Å². The van der Waals surface area contributed by atoms with Crippen molar-refractivity contribution in [1.29, 1.82) is 0 Å². The summed E-state index contributed by atoms with van der Waals surface area (Å²) in [6.45, 7) is 0.930. The molecule has 0 bridgehead atoms. The minimum Gasteiger partial charge on any atom is -0.379 e. The number of halogens is 3. The van der Waals surface area contributed by atoms with Gasteiger partial charge in [-0.05, 0) is 37.1 Å². The van der Waals surface area contributed by atoms with Gasteiger partial charge in [-0.15, -0.1) is 0 Å². The molecule has 1 aromatic heterocycles. The Morgan fingerprint density at radius 1 is 1.07 bits per heavy atom. The number of nitro benzene ring substituents is 1. The predicted octanol–water partition coefficient (Wildman–Crippen LogP) is 3.59. The van der Waals surface area contributed by atoms with Crippen LogP contribution in [0, 0.1) is 10.1 Å². The standard InChI is InChI=1S/C16H17F3N4O4S/c17-16(18,19)28(26,27)12-6-7-13(14(11-12)23(24)25)20-8-3-4-10-22-15-5-1-2-9-21-15/h1-2,5-7,9,11,20H,3-4,8,10H2,(H,21,22). The molecule has 8 nitrogen and oxygen atoms in total. The van der Waals surface area contributed by atoms with E-state index in [9.17, 15) is 31.7 Å². The summed E-state index contributed by atoms with van der Waals surface area (Å²) < 4.78 is 60.7. The average Bonchev–Trinajstić information content (AvgIpc) is 2.64. The van der Waals surface area contributed by atoms with Crippen molar-refractivity contribution >= 4 is 27.0 Å². The third kappa shape index (κ3) is 5.31. The van der Waals surface area contributed by atoms with E-state index in [-0.39, 0.29) is 5.69 Å². The van der Waals surface area contributed by atoms with Crippen molar-refractivity contribution in [3.8, 4) is 0 Å². The van der Waals surface area contributed by atoms with Gasteiger partial charge in [0, 0.05) is 25.4 Å². The van der Waals surface area contributed by atoms with Crippen LogP contribution in [0.25, 0.3) is 0 Å². The Morgan fingerprint density at radius 3 is 2.32 bits per heavy atom. The lowest BCUT2D eigenvalue weighted by molar-refractivity contribution is -0.384. The zero-order chi connectivity index (χ0) is 20.8. The fourth-order valence-electron chi connectivity index (χ4n) is 2.27. The van der Waals surface area contributed by atoms with E-state index in [1.54, 1.807) is 18.3 Å². The molecule has 0 saturated carbocycles. The quantitative estimate of drug-likeness (QED) is 0.363. The molecule has 152 valence electrons. The van der Waals surface area contributed by atoms with E-state index in [0.717, 1.165) is 6.07 Å². The van der Waals surface area contributed by atoms with Gasteiger partial charge in [-0.2, -0.15) is 13.2 Å². The molecule has 0 unspecified atom stereocenters. The van der Waals surface area contributed by atoms with Crippen molar-refractivity contribution in [2.75, 3.05) is 23.7 Å². The molecule has 2 rings (SSSR count). The monoisotopic (exact) mass is 418 g/mol. The first-order valence-corrected chi connectivity index (χ1v) is 9.60. The SMILES string of the molecule is O=[N+]([O-])c1cc(S(=O)(=O)C(F)(F)F)ccc1NCCCCNc1ccccn1. The van der Waals surface area contributed by atoms with Crippen LogP contribution in [0.3, 0.4) is 0 Å². The summed E-state index contributed by atoms with van der Waals surface area (Å²) in [4.78, 5) is 13.1. The zero-order valence-corrected chi connectivity index (χ0v) is 15.3. The number of aromatic nitrogens is 1. The number of nitro groups is 1. The second kappa shape index (κ2) is 8.87. The van der Waals surface area contributed by atoms with E-state index >= 15 is 0 Å². The molecule has 1 heterocycles. The minimum atomic E-state index is -5.65. The third-order valence-electron chi connectivity index (χ3n) is 3.67. The largest absolute Gasteiger partial charge is 0.501 e. The van der Waals surface area contributed by atoms with Crippen molar-refractivity contribution < 1.29 is 26.5 Å². The molecule has 28 heavy (non-hydrogen) atoms. The van der Waals surface area contributed by atoms with E-state index in [1.807, 2.05) is 6.07 Å². The molecule has 0 atom stereocenters. The smallest absolute Gasteiger partial charge is 0.379 e. The van der Waals surface area contributed by atoms with Crippen LogP contribution >= 0.6 is 0 Å². The van der Waals surface area contributed by atoms with Crippen LogP contribution in [-0.4, -0.2) is 36.9 Å². The van der Waals surface area contributed by atoms with Crippen LogP contribution in [0.2, 0.25) is 0 Å². The molecule has 1 aromatic carbocycles. The van der Waals surface area contributed by atoms with Crippen LogP contribution in [-0.2, 0) is 9.84 Å². The number of benzene rings is 1. The third-order valence-corrected chi connectivity index (χ3v) is 5.15. The Bertz CT molecular complexity index is 921. The summed E-state index contributed by atoms with van der Waals surface area (Å²) in [6.07, 6.45) is 2.96. The predicted molar refractivity (Wildman–Crippen MR) is 96.8 cm³/mol. The highest BCUT2D eigenvalue weighted by Crippen LogP contribution is 2.34. The number of sulfone groups is 1. The molecule has 0 amide bonds. The summed E-state index contributed by atoms with van der Waals surface area (Å²) in [5, 5.41) is 17.0. The van der Waals surface area contributed by atoms with Crippen molar-refractivity contribution in [2.24, 2.45) is 0 Å². The topological polar surface area (TPSA) is 114 Å². The van der Waals surface area contributed by atoms with E-state index in [1.165, 1.54) is 0 Å². The summed E-state index contributed by atoms with van der Waals surface area (Å²) in [6, 6.07) is 7.49. The summed E-state index contributed by atoms with van der Waals surface area (Å²) in [5.41, 5.74) is -6.32. The van der Waals surface area contributed by atoms with Crippen molar-refractivity contribution in [3.05, 3.63) is 52.7 Å². The Hall–Kier alpha value is -2.89. The van der Waals surface area contributed by atoms with Gasteiger partial charge in [-0.3, -0.25) is 10.1 Å². The van der Waals surface area contributed by atoms with Crippen LogP contribution in [0.4, 0.5) is 30.4 Å². The number of rotatable bonds is 9. The molecule has 2 N–H and O–H groups in total. The maximum Gasteiger partial charge on any atom is 0.501 e. The van der Waals surface area contributed by atoms with Crippen molar-refractivity contribution in [3.63, 3.8) is 0 Å². The second-order valence-electron chi connectivity index (χ2n) is 5.66. The molecule has 0 radical (unpaired) electrons. The fourth-order valence-corrected chi connectivity index (χ4v) is 3.05. The highest BCUT2D eigenvalue weighted by atomic mass is 32.2. The van der Waals surface area contributed by atoms with Gasteiger partial charge in [0.05, 0.1) is 9.82 Å². The van der Waals surface area contributed by atoms with Gasteiger partial charge in [-0.1, -0.05) is 6.07 Å². The zero-order valence-electron chi connectivity index (χ0n) is 14.4. The van der Waals surface area contributed by atoms with Gasteiger partial charge in [0.15, 0.2) is 0 Å². The first-order chi connectivity index (χ1) is 13.1. The highest BCUT2D eigenvalue weighted by molar-refractivity contribution is 7.92. The number of anilines is 2. The molecule has 0 aliphatic heterocycles. The number of nitrogens with zero attached hydrogens (tertiary/aromatic N) is 2. The Kier molecular flexibility index (Phi) is 6.78. The molecule has 0 saturated heterocycles. The summed E-state index contributed by atoms with van der Waals surface area (Å²) in [7, 11) is -5.65. The molecular formula is C16H17F3N4O4S. The average molecular weight is 418 g/mol. The van der Waals surface area contributed by atoms with Crippen LogP contribution < -0.4 is 10.6 Å². The van der Waals surface area contributed by atoms with Gasteiger partial charge in [0.2, 0.25) is 0 Å². The number of pyridine rings is 1. The summed E-state index contributed by atoms with van der Waals surface area (Å²) in [5.74, 6) is 0.715. The van der Waals surface area contributed by atoms with E-state index in [2.05, 4.69) is 15.6 Å². The van der Waals surface area contributed by atoms with E-state index in [4.69, 9.17) is 0 Å². The first-order valence-electron chi connectivity index (χ1n) is 8.11. The first kappa shape index (κ1) is 21.4. The molecule has 0 spiro atoms. The molecule has 0 aliphatic rings. The number of hydrogen-bond acceptors (Lipinski definition) is 7. The Labute approximate surface area is 158 Å². The van der Waals surface area contributed by atoms with Crippen LogP contribution in [0.15, 0.2) is 47.5 Å². The van der Waals surface area contributed by atoms with Crippen molar-refractivity contribution in [2.45, 2.75) is 23.2 Å². The Balaban J connectivity index is 1.95. The molecule has 12 heteroatoms. The lowest BCUT2D eigenvalue weighted by atomic mass is 10.2. The second-order valence-corrected chi connectivity index (χ2v) is 7.60. The maximum absolute atomic E-state index is 12.6. The van der Waals surface area contributed by atoms with Crippen molar-refractivity contribution in [1.82, 2.24) is 4.98 Å². The lowest BCUT2D eigenvalue weighted by Gasteiger charge is -2.11. The van der Waals surface area contributed by atoms with Gasteiger partial charge < -0.3 is 10.6 Å². The Morgan fingerprint density at radius 2 is 1.75 bits per heavy atom. The van der Waals surface area contributed by atoms with Crippen LogP contribution in [0.1, 0.15) is 12.8 Å². The number of nitrogens with one attached hydrogen (secondary N) is 2. The number of unbranched alkanes of at least 4 members (excludes halogenated alkanes) is 1. The normalized spacial score (nSPS) is 11.8. The number of hydrogen-bond donors (Lipinski definition) is 2. The summed E-state index contributed by atoms with van der Waals surface area (Å²) >= 11 is 0. The molecular weight excluding hydrogens is 401 g/mol. The molecule has 2 aromatic rings.